The van der Waals surface area contributed by atoms with E-state index in [0.29, 0.717) is 0 Å². The Labute approximate surface area is 149 Å². The van der Waals surface area contributed by atoms with Crippen LogP contribution in [0.15, 0.2) is 0 Å². The number of nitrogens with zero attached hydrogens (tertiary/aromatic N) is 1. The molecule has 140 valence electrons. The van der Waals surface area contributed by atoms with Crippen LogP contribution in [0, 0.1) is 0 Å². The van der Waals surface area contributed by atoms with Crippen LogP contribution >= 0.6 is 0 Å². The van der Waals surface area contributed by atoms with E-state index in [9.17, 15) is 0 Å². The van der Waals surface area contributed by atoms with Crippen molar-refractivity contribution in [3.63, 3.8) is 0 Å². The predicted octanol–water partition coefficient (Wildman–Crippen LogP) is 4.58. The molecule has 0 heterocycles. The highest BCUT2D eigenvalue weighted by Crippen LogP contribution is 2.30. The van der Waals surface area contributed by atoms with E-state index in [2.05, 4.69) is 80.1 Å². The second-order valence-electron chi connectivity index (χ2n) is 10.4. The van der Waals surface area contributed by atoms with E-state index in [-0.39, 0.29) is 0 Å². The molecule has 0 bridgehead atoms. The van der Waals surface area contributed by atoms with Crippen molar-refractivity contribution in [1.29, 1.82) is 0 Å². The summed E-state index contributed by atoms with van der Waals surface area (Å²) in [6.45, 7) is 21.3. The first-order valence-electron chi connectivity index (χ1n) is 8.74. The van der Waals surface area contributed by atoms with E-state index >= 15 is 0 Å². The van der Waals surface area contributed by atoms with Gasteiger partial charge in [-0.2, -0.15) is 0 Å². The monoisotopic (exact) mass is 396 g/mol. The lowest BCUT2D eigenvalue weighted by Crippen LogP contribution is -2.60. The summed E-state index contributed by atoms with van der Waals surface area (Å²) in [6, 6.07) is 0.946. The fourth-order valence-corrected chi connectivity index (χ4v) is 17.0. The van der Waals surface area contributed by atoms with Gasteiger partial charge in [0.15, 0.2) is 25.0 Å². The van der Waals surface area contributed by atoms with Gasteiger partial charge in [0.2, 0.25) is 0 Å². The van der Waals surface area contributed by atoms with Gasteiger partial charge in [-0.3, -0.25) is 0 Å². The third kappa shape index (κ3) is 13.7. The minimum Gasteiger partial charge on any atom is -0.417 e. The van der Waals surface area contributed by atoms with Crippen molar-refractivity contribution in [3.05, 3.63) is 0 Å². The molecule has 0 aromatic carbocycles. The maximum absolute atomic E-state index is 6.69. The molecule has 0 rings (SSSR count). The molecule has 23 heavy (non-hydrogen) atoms. The summed E-state index contributed by atoms with van der Waals surface area (Å²) in [6.07, 6.45) is 1.09. The van der Waals surface area contributed by atoms with Crippen molar-refractivity contribution in [2.24, 2.45) is 0 Å². The SMILES string of the molecule is C[N+](C)(C)CCC[Si](O[Si](C)(C)C)(O[Si](C)(C)C)O[Si](C)(C)C. The molecule has 0 N–H and O–H groups in total. The van der Waals surface area contributed by atoms with Gasteiger partial charge in [-0.05, 0) is 58.9 Å². The molecule has 0 amide bonds. The van der Waals surface area contributed by atoms with Crippen LogP contribution in [-0.4, -0.2) is 65.9 Å². The van der Waals surface area contributed by atoms with Crippen molar-refractivity contribution in [1.82, 2.24) is 0 Å². The standard InChI is InChI=1S/C15H42NO3Si4/c1-16(2,3)14-13-15-23(17-20(4,5)6,18-21(7,8)9)19-22(10,11)12/h13-15H2,1-12H3/q+1. The van der Waals surface area contributed by atoms with Crippen LogP contribution in [-0.2, 0) is 12.3 Å². The molecule has 0 saturated heterocycles. The lowest BCUT2D eigenvalue weighted by Gasteiger charge is -2.43. The maximum Gasteiger partial charge on any atom is 0.469 e. The maximum atomic E-state index is 6.69. The number of quaternary nitrogens is 1. The summed E-state index contributed by atoms with van der Waals surface area (Å²) in [7, 11) is -1.13. The Hall–Kier alpha value is 0.708. The second-order valence-corrected chi connectivity index (χ2v) is 27.4. The van der Waals surface area contributed by atoms with E-state index < -0.39 is 33.8 Å². The van der Waals surface area contributed by atoms with Crippen molar-refractivity contribution < 1.29 is 16.8 Å². The van der Waals surface area contributed by atoms with E-state index in [1.807, 2.05) is 0 Å². The van der Waals surface area contributed by atoms with Crippen molar-refractivity contribution in [3.8, 4) is 0 Å². The van der Waals surface area contributed by atoms with E-state index in [1.54, 1.807) is 0 Å². The summed E-state index contributed by atoms with van der Waals surface area (Å²) in [4.78, 5) is 0. The average molecular weight is 397 g/mol. The molecule has 0 aliphatic heterocycles. The Kier molecular flexibility index (Phi) is 8.19. The first kappa shape index (κ1) is 23.7. The Morgan fingerprint density at radius 1 is 0.609 bits per heavy atom. The summed E-state index contributed by atoms with van der Waals surface area (Å²) in [5, 5.41) is 0. The predicted molar refractivity (Wildman–Crippen MR) is 111 cm³/mol. The number of hydrogen-bond donors (Lipinski definition) is 0. The zero-order valence-corrected chi connectivity index (χ0v) is 21.8. The fraction of sp³-hybridized carbons (Fsp3) is 1.00. The minimum absolute atomic E-state index is 0.946. The molecular weight excluding hydrogens is 355 g/mol. The minimum atomic E-state index is -2.63. The van der Waals surface area contributed by atoms with Gasteiger partial charge >= 0.3 is 8.80 Å². The molecule has 0 aromatic heterocycles. The van der Waals surface area contributed by atoms with Crippen LogP contribution in [0.1, 0.15) is 6.42 Å². The average Bonchev–Trinajstić information content (AvgIpc) is 2.03. The molecule has 0 fully saturated rings. The van der Waals surface area contributed by atoms with Gasteiger partial charge < -0.3 is 16.8 Å². The normalized spacial score (nSPS) is 15.1. The largest absolute Gasteiger partial charge is 0.469 e. The Balaban J connectivity index is 5.45. The number of hydrogen-bond acceptors (Lipinski definition) is 3. The third-order valence-corrected chi connectivity index (χ3v) is 14.7. The van der Waals surface area contributed by atoms with Crippen LogP contribution in [0.2, 0.25) is 65.0 Å². The van der Waals surface area contributed by atoms with Gasteiger partial charge in [-0.15, -0.1) is 0 Å². The fourth-order valence-electron chi connectivity index (χ4n) is 2.39. The quantitative estimate of drug-likeness (QED) is 0.399. The van der Waals surface area contributed by atoms with Crippen LogP contribution in [0.5, 0.6) is 0 Å². The molecule has 0 aromatic rings. The molecular formula is C15H42NO3Si4+. The molecule has 0 radical (unpaired) electrons. The Morgan fingerprint density at radius 2 is 0.913 bits per heavy atom. The molecule has 8 heteroatoms. The van der Waals surface area contributed by atoms with Gasteiger partial charge in [0.1, 0.15) is 0 Å². The van der Waals surface area contributed by atoms with Crippen LogP contribution in [0.25, 0.3) is 0 Å². The van der Waals surface area contributed by atoms with Gasteiger partial charge in [-0.1, -0.05) is 0 Å². The van der Waals surface area contributed by atoms with Gasteiger partial charge in [0, 0.05) is 12.5 Å². The molecule has 0 unspecified atom stereocenters. The summed E-state index contributed by atoms with van der Waals surface area (Å²) in [5.74, 6) is 0. The highest BCUT2D eigenvalue weighted by molar-refractivity contribution is 6.90. The molecule has 0 aliphatic rings. The van der Waals surface area contributed by atoms with Crippen molar-refractivity contribution >= 4 is 33.8 Å². The van der Waals surface area contributed by atoms with Crippen LogP contribution in [0.4, 0.5) is 0 Å². The van der Waals surface area contributed by atoms with E-state index in [0.717, 1.165) is 23.5 Å². The molecule has 0 saturated carbocycles. The topological polar surface area (TPSA) is 27.7 Å². The number of rotatable bonds is 10. The van der Waals surface area contributed by atoms with Crippen LogP contribution < -0.4 is 0 Å². The van der Waals surface area contributed by atoms with Gasteiger partial charge in [-0.25, -0.2) is 0 Å². The lowest BCUT2D eigenvalue weighted by atomic mass is 10.4. The van der Waals surface area contributed by atoms with Crippen molar-refractivity contribution in [2.45, 2.75) is 71.4 Å². The van der Waals surface area contributed by atoms with Gasteiger partial charge in [0.25, 0.3) is 0 Å². The molecule has 4 nitrogen and oxygen atoms in total. The first-order valence-corrected chi connectivity index (χ1v) is 20.9. The first-order chi connectivity index (χ1) is 9.83. The zero-order chi connectivity index (χ0) is 18.7. The zero-order valence-electron chi connectivity index (χ0n) is 17.8. The molecule has 0 spiro atoms. The Bertz CT molecular complexity index is 324. The van der Waals surface area contributed by atoms with Crippen molar-refractivity contribution in [2.75, 3.05) is 27.7 Å². The highest BCUT2D eigenvalue weighted by Gasteiger charge is 2.49. The second kappa shape index (κ2) is 7.94. The van der Waals surface area contributed by atoms with E-state index in [1.165, 1.54) is 0 Å². The highest BCUT2D eigenvalue weighted by atomic mass is 28.5. The Morgan fingerprint density at radius 3 is 1.13 bits per heavy atom. The smallest absolute Gasteiger partial charge is 0.417 e. The summed E-state index contributed by atoms with van der Waals surface area (Å²) >= 11 is 0. The van der Waals surface area contributed by atoms with E-state index in [4.69, 9.17) is 12.3 Å². The third-order valence-electron chi connectivity index (χ3n) is 2.70. The van der Waals surface area contributed by atoms with Crippen LogP contribution in [0.3, 0.4) is 0 Å². The molecule has 0 aliphatic carbocycles. The lowest BCUT2D eigenvalue weighted by molar-refractivity contribution is -0.870. The summed E-state index contributed by atoms with van der Waals surface area (Å²) in [5.41, 5.74) is 0. The molecule has 0 atom stereocenters. The van der Waals surface area contributed by atoms with Gasteiger partial charge in [0.05, 0.1) is 27.7 Å². The summed E-state index contributed by atoms with van der Waals surface area (Å²) < 4.78 is 21.0.